The van der Waals surface area contributed by atoms with Gasteiger partial charge in [0.1, 0.15) is 5.82 Å². The number of piperidine rings is 1. The van der Waals surface area contributed by atoms with Gasteiger partial charge in [0.2, 0.25) is 5.91 Å². The molecule has 0 aliphatic carbocycles. The lowest BCUT2D eigenvalue weighted by Crippen LogP contribution is -2.26. The van der Waals surface area contributed by atoms with E-state index in [-0.39, 0.29) is 31.2 Å². The molecule has 1 fully saturated rings. The average molecular weight is 399 g/mol. The summed E-state index contributed by atoms with van der Waals surface area (Å²) in [7, 11) is 0. The maximum absolute atomic E-state index is 14.1. The van der Waals surface area contributed by atoms with Crippen LogP contribution in [0.2, 0.25) is 0 Å². The Morgan fingerprint density at radius 1 is 1.00 bits per heavy atom. The highest BCUT2D eigenvalue weighted by Crippen LogP contribution is 2.28. The smallest absolute Gasteiger partial charge is 0.224 e. The van der Waals surface area contributed by atoms with Crippen LogP contribution in [0.15, 0.2) is 48.5 Å². The zero-order valence-corrected chi connectivity index (χ0v) is 16.0. The number of rotatable bonds is 8. The summed E-state index contributed by atoms with van der Waals surface area (Å²) in [6.45, 7) is 1.93. The van der Waals surface area contributed by atoms with Crippen LogP contribution in [0.1, 0.15) is 67.8 Å². The van der Waals surface area contributed by atoms with Crippen LogP contribution in [0.4, 0.5) is 10.1 Å². The third-order valence-corrected chi connectivity index (χ3v) is 5.23. The molecule has 4 nitrogen and oxygen atoms in total. The van der Waals surface area contributed by atoms with Crippen molar-refractivity contribution in [2.24, 2.45) is 0 Å². The first-order chi connectivity index (χ1) is 13.6. The van der Waals surface area contributed by atoms with Gasteiger partial charge in [-0.2, -0.15) is 0 Å². The SMILES string of the molecule is C.O=C(CCCCC(=O)c1ccccc1)Nc1cc(C2CCNCC2)ccc1F. The number of carbonyl (C=O) groups is 2. The lowest BCUT2D eigenvalue weighted by molar-refractivity contribution is -0.116. The van der Waals surface area contributed by atoms with Gasteiger partial charge >= 0.3 is 0 Å². The first-order valence-corrected chi connectivity index (χ1v) is 10.0. The van der Waals surface area contributed by atoms with Crippen molar-refractivity contribution in [1.82, 2.24) is 5.32 Å². The number of amides is 1. The Morgan fingerprint density at radius 3 is 2.41 bits per heavy atom. The van der Waals surface area contributed by atoms with Crippen LogP contribution in [0.25, 0.3) is 0 Å². The number of benzene rings is 2. The zero-order valence-electron chi connectivity index (χ0n) is 16.0. The van der Waals surface area contributed by atoms with Gasteiger partial charge in [-0.3, -0.25) is 9.59 Å². The standard InChI is InChI=1S/C23H27FN2O2.CH4/c24-20-11-10-19(17-12-14-25-15-13-17)16-21(20)26-23(28)9-5-4-8-22(27)18-6-2-1-3-7-18;/h1-3,6-7,10-11,16-17,25H,4-5,8-9,12-15H2,(H,26,28);1H4. The van der Waals surface area contributed by atoms with Crippen LogP contribution in [0.3, 0.4) is 0 Å². The predicted octanol–water partition coefficient (Wildman–Crippen LogP) is 5.31. The molecule has 2 N–H and O–H groups in total. The largest absolute Gasteiger partial charge is 0.324 e. The molecule has 1 aliphatic rings. The fourth-order valence-electron chi connectivity index (χ4n) is 3.60. The molecule has 0 saturated carbocycles. The van der Waals surface area contributed by atoms with Gasteiger partial charge in [0.25, 0.3) is 0 Å². The molecule has 1 saturated heterocycles. The van der Waals surface area contributed by atoms with Crippen molar-refractivity contribution in [2.45, 2.75) is 51.9 Å². The molecule has 0 radical (unpaired) electrons. The number of hydrogen-bond acceptors (Lipinski definition) is 3. The highest BCUT2D eigenvalue weighted by molar-refractivity contribution is 5.96. The number of hydrogen-bond donors (Lipinski definition) is 2. The fourth-order valence-corrected chi connectivity index (χ4v) is 3.60. The van der Waals surface area contributed by atoms with E-state index in [0.29, 0.717) is 30.7 Å². The van der Waals surface area contributed by atoms with Crippen LogP contribution < -0.4 is 10.6 Å². The Balaban J connectivity index is 0.00000300. The number of ketones is 1. The molecule has 2 aromatic carbocycles. The summed E-state index contributed by atoms with van der Waals surface area (Å²) < 4.78 is 14.1. The van der Waals surface area contributed by atoms with Gasteiger partial charge in [-0.1, -0.05) is 43.8 Å². The molecule has 5 heteroatoms. The maximum atomic E-state index is 14.1. The van der Waals surface area contributed by atoms with Gasteiger partial charge in [0.15, 0.2) is 5.78 Å². The van der Waals surface area contributed by atoms with Crippen molar-refractivity contribution in [3.8, 4) is 0 Å². The van der Waals surface area contributed by atoms with Crippen LogP contribution in [-0.4, -0.2) is 24.8 Å². The summed E-state index contributed by atoms with van der Waals surface area (Å²) in [6, 6.07) is 14.2. The quantitative estimate of drug-likeness (QED) is 0.468. The third kappa shape index (κ3) is 6.79. The summed E-state index contributed by atoms with van der Waals surface area (Å²) in [4.78, 5) is 24.3. The molecule has 0 bridgehead atoms. The summed E-state index contributed by atoms with van der Waals surface area (Å²) in [6.07, 6.45) is 3.97. The summed E-state index contributed by atoms with van der Waals surface area (Å²) >= 11 is 0. The van der Waals surface area contributed by atoms with E-state index in [1.807, 2.05) is 24.3 Å². The number of nitrogens with one attached hydrogen (secondary N) is 2. The second-order valence-corrected chi connectivity index (χ2v) is 7.31. The molecule has 156 valence electrons. The van der Waals surface area contributed by atoms with Gasteiger partial charge < -0.3 is 10.6 Å². The lowest BCUT2D eigenvalue weighted by Gasteiger charge is -2.23. The Bertz CT molecular complexity index is 802. The molecule has 0 unspecified atom stereocenters. The van der Waals surface area contributed by atoms with Gasteiger partial charge in [0.05, 0.1) is 5.69 Å². The number of Topliss-reactive ketones (excluding diaryl/α,β-unsaturated/α-hetero) is 1. The zero-order chi connectivity index (χ0) is 19.8. The predicted molar refractivity (Wildman–Crippen MR) is 116 cm³/mol. The highest BCUT2D eigenvalue weighted by atomic mass is 19.1. The highest BCUT2D eigenvalue weighted by Gasteiger charge is 2.17. The van der Waals surface area contributed by atoms with Gasteiger partial charge in [-0.25, -0.2) is 4.39 Å². The second-order valence-electron chi connectivity index (χ2n) is 7.31. The molecule has 1 aliphatic heterocycles. The molecule has 3 rings (SSSR count). The summed E-state index contributed by atoms with van der Waals surface area (Å²) in [5.41, 5.74) is 2.02. The van der Waals surface area contributed by atoms with Crippen LogP contribution >= 0.6 is 0 Å². The second kappa shape index (κ2) is 11.5. The number of anilines is 1. The Kier molecular flexibility index (Phi) is 9.00. The van der Waals surface area contributed by atoms with E-state index >= 15 is 0 Å². The van der Waals surface area contributed by atoms with Crippen LogP contribution in [-0.2, 0) is 4.79 Å². The van der Waals surface area contributed by atoms with E-state index in [1.54, 1.807) is 18.2 Å². The topological polar surface area (TPSA) is 58.2 Å². The molecule has 2 aromatic rings. The fraction of sp³-hybridized carbons (Fsp3) is 0.417. The summed E-state index contributed by atoms with van der Waals surface area (Å²) in [5.74, 6) is -0.137. The number of unbranched alkanes of at least 4 members (excludes halogenated alkanes) is 1. The number of carbonyl (C=O) groups excluding carboxylic acids is 2. The van der Waals surface area contributed by atoms with Crippen LogP contribution in [0, 0.1) is 5.82 Å². The van der Waals surface area contributed by atoms with Gasteiger partial charge in [-0.15, -0.1) is 0 Å². The monoisotopic (exact) mass is 398 g/mol. The van der Waals surface area contributed by atoms with Crippen molar-refractivity contribution in [1.29, 1.82) is 0 Å². The lowest BCUT2D eigenvalue weighted by atomic mass is 9.90. The molecule has 0 aromatic heterocycles. The van der Waals surface area contributed by atoms with Gasteiger partial charge in [0, 0.05) is 18.4 Å². The van der Waals surface area contributed by atoms with E-state index in [4.69, 9.17) is 0 Å². The van der Waals surface area contributed by atoms with Crippen molar-refractivity contribution in [2.75, 3.05) is 18.4 Å². The van der Waals surface area contributed by atoms with Gasteiger partial charge in [-0.05, 0) is 62.4 Å². The maximum Gasteiger partial charge on any atom is 0.224 e. The van der Waals surface area contributed by atoms with E-state index in [2.05, 4.69) is 10.6 Å². The van der Waals surface area contributed by atoms with Crippen molar-refractivity contribution < 1.29 is 14.0 Å². The average Bonchev–Trinajstić information content (AvgIpc) is 2.74. The molecule has 0 spiro atoms. The molecular weight excluding hydrogens is 367 g/mol. The van der Waals surface area contributed by atoms with E-state index in [0.717, 1.165) is 31.5 Å². The molecule has 0 atom stereocenters. The van der Waals surface area contributed by atoms with E-state index < -0.39 is 5.82 Å². The Hall–Kier alpha value is -2.53. The molecule has 1 amide bonds. The minimum absolute atomic E-state index is 0. The third-order valence-electron chi connectivity index (χ3n) is 5.23. The van der Waals surface area contributed by atoms with Crippen molar-refractivity contribution in [3.63, 3.8) is 0 Å². The van der Waals surface area contributed by atoms with Crippen LogP contribution in [0.5, 0.6) is 0 Å². The Labute approximate surface area is 172 Å². The number of halogens is 1. The minimum Gasteiger partial charge on any atom is -0.324 e. The molecule has 1 heterocycles. The van der Waals surface area contributed by atoms with Crippen molar-refractivity contribution >= 4 is 17.4 Å². The normalized spacial score (nSPS) is 14.1. The first kappa shape index (κ1) is 22.8. The van der Waals surface area contributed by atoms with E-state index in [1.165, 1.54) is 6.07 Å². The minimum atomic E-state index is -0.412. The van der Waals surface area contributed by atoms with E-state index in [9.17, 15) is 14.0 Å². The molecular formula is C24H31FN2O2. The Morgan fingerprint density at radius 2 is 1.69 bits per heavy atom. The molecule has 29 heavy (non-hydrogen) atoms. The first-order valence-electron chi connectivity index (χ1n) is 10.0. The van der Waals surface area contributed by atoms with Crippen molar-refractivity contribution in [3.05, 3.63) is 65.5 Å². The summed E-state index contributed by atoms with van der Waals surface area (Å²) in [5, 5.41) is 6.02.